The largest absolute Gasteiger partial charge is 0.344 e. The molecule has 0 spiro atoms. The molecule has 0 saturated carbocycles. The molecule has 0 bridgehead atoms. The molecule has 0 radical (unpaired) electrons. The lowest BCUT2D eigenvalue weighted by molar-refractivity contribution is -0.131. The molecule has 19 heavy (non-hydrogen) atoms. The average Bonchev–Trinajstić information content (AvgIpc) is 2.68. The fraction of sp³-hybridized carbons (Fsp3) is 0.933. The van der Waals surface area contributed by atoms with Crippen molar-refractivity contribution in [2.75, 3.05) is 33.2 Å². The van der Waals surface area contributed by atoms with Crippen LogP contribution in [0.1, 0.15) is 40.0 Å². The maximum absolute atomic E-state index is 12.0. The molecule has 2 aliphatic rings. The zero-order valence-corrected chi connectivity index (χ0v) is 12.9. The van der Waals surface area contributed by atoms with Crippen LogP contribution in [0.25, 0.3) is 0 Å². The number of likely N-dealkylation sites (tertiary alicyclic amines) is 2. The molecule has 1 N–H and O–H groups in total. The fourth-order valence-electron chi connectivity index (χ4n) is 3.06. The van der Waals surface area contributed by atoms with Crippen LogP contribution in [0.5, 0.6) is 0 Å². The third-order valence-electron chi connectivity index (χ3n) is 4.41. The predicted molar refractivity (Wildman–Crippen MR) is 78.1 cm³/mol. The Morgan fingerprint density at radius 1 is 1.16 bits per heavy atom. The zero-order valence-electron chi connectivity index (χ0n) is 12.9. The van der Waals surface area contributed by atoms with Gasteiger partial charge in [0.2, 0.25) is 5.91 Å². The fourth-order valence-corrected chi connectivity index (χ4v) is 3.06. The molecule has 0 aliphatic carbocycles. The smallest absolute Gasteiger partial charge is 0.239 e. The van der Waals surface area contributed by atoms with E-state index in [0.29, 0.717) is 5.91 Å². The zero-order chi connectivity index (χ0) is 14.0. The van der Waals surface area contributed by atoms with Crippen molar-refractivity contribution in [2.45, 2.75) is 51.6 Å². The van der Waals surface area contributed by atoms with Gasteiger partial charge in [0.15, 0.2) is 0 Å². The Bertz CT molecular complexity index is 316. The molecule has 1 amide bonds. The summed E-state index contributed by atoms with van der Waals surface area (Å²) in [6.45, 7) is 10.9. The number of nitrogens with zero attached hydrogens (tertiary/aromatic N) is 2. The summed E-state index contributed by atoms with van der Waals surface area (Å²) in [4.78, 5) is 16.3. The number of carbonyl (C=O) groups excluding carboxylic acids is 1. The van der Waals surface area contributed by atoms with Crippen molar-refractivity contribution in [1.29, 1.82) is 0 Å². The molecule has 2 rings (SSSR count). The number of carbonyl (C=O) groups is 1. The van der Waals surface area contributed by atoms with Gasteiger partial charge in [-0.25, -0.2) is 0 Å². The van der Waals surface area contributed by atoms with E-state index in [2.05, 4.69) is 31.0 Å². The molecule has 110 valence electrons. The molecule has 4 nitrogen and oxygen atoms in total. The quantitative estimate of drug-likeness (QED) is 0.837. The van der Waals surface area contributed by atoms with Gasteiger partial charge in [0, 0.05) is 19.1 Å². The number of hydrogen-bond acceptors (Lipinski definition) is 3. The van der Waals surface area contributed by atoms with Gasteiger partial charge in [-0.3, -0.25) is 9.69 Å². The summed E-state index contributed by atoms with van der Waals surface area (Å²) in [6.07, 6.45) is 3.45. The first-order valence-electron chi connectivity index (χ1n) is 7.61. The van der Waals surface area contributed by atoms with E-state index < -0.39 is 0 Å². The van der Waals surface area contributed by atoms with Gasteiger partial charge < -0.3 is 10.2 Å². The number of piperidine rings is 1. The van der Waals surface area contributed by atoms with E-state index in [4.69, 9.17) is 0 Å². The lowest BCUT2D eigenvalue weighted by Crippen LogP contribution is -2.47. The summed E-state index contributed by atoms with van der Waals surface area (Å²) in [5.41, 5.74) is 0.210. The second-order valence-electron chi connectivity index (χ2n) is 7.17. The van der Waals surface area contributed by atoms with E-state index in [1.165, 1.54) is 12.8 Å². The normalized spacial score (nSPS) is 27.3. The Morgan fingerprint density at radius 2 is 1.79 bits per heavy atom. The molecule has 2 fully saturated rings. The molecule has 2 heterocycles. The van der Waals surface area contributed by atoms with Crippen LogP contribution < -0.4 is 5.32 Å². The standard InChI is InChI=1S/C15H29N3O/c1-15(2,3)16-11-12-5-9-18(10-6-12)13-7-8-17(4)14(13)19/h12-13,16H,5-11H2,1-4H3. The first-order chi connectivity index (χ1) is 8.87. The van der Waals surface area contributed by atoms with Crippen LogP contribution in [0.4, 0.5) is 0 Å². The van der Waals surface area contributed by atoms with Crippen molar-refractivity contribution in [3.8, 4) is 0 Å². The first kappa shape index (κ1) is 14.8. The number of rotatable bonds is 3. The highest BCUT2D eigenvalue weighted by Gasteiger charge is 2.35. The molecule has 0 aromatic carbocycles. The van der Waals surface area contributed by atoms with Gasteiger partial charge in [0.25, 0.3) is 0 Å². The third kappa shape index (κ3) is 3.93. The Balaban J connectivity index is 1.75. The van der Waals surface area contributed by atoms with Crippen LogP contribution in [-0.4, -0.2) is 60.5 Å². The van der Waals surface area contributed by atoms with E-state index >= 15 is 0 Å². The second-order valence-corrected chi connectivity index (χ2v) is 7.17. The second kappa shape index (κ2) is 5.80. The number of likely N-dealkylation sites (N-methyl/N-ethyl adjacent to an activating group) is 1. The molecule has 4 heteroatoms. The average molecular weight is 267 g/mol. The highest BCUT2D eigenvalue weighted by molar-refractivity contribution is 5.83. The highest BCUT2D eigenvalue weighted by atomic mass is 16.2. The SMILES string of the molecule is CN1CCC(N2CCC(CNC(C)(C)C)CC2)C1=O. The van der Waals surface area contributed by atoms with Crippen LogP contribution in [0.3, 0.4) is 0 Å². The summed E-state index contributed by atoms with van der Waals surface area (Å²) in [7, 11) is 1.92. The van der Waals surface area contributed by atoms with Crippen molar-refractivity contribution < 1.29 is 4.79 Å². The molecule has 0 aromatic rings. The Labute approximate surface area is 117 Å². The van der Waals surface area contributed by atoms with Crippen LogP contribution in [0.15, 0.2) is 0 Å². The minimum atomic E-state index is 0.168. The maximum Gasteiger partial charge on any atom is 0.239 e. The monoisotopic (exact) mass is 267 g/mol. The van der Waals surface area contributed by atoms with Crippen molar-refractivity contribution in [3.63, 3.8) is 0 Å². The van der Waals surface area contributed by atoms with E-state index in [1.54, 1.807) is 0 Å². The summed E-state index contributed by atoms with van der Waals surface area (Å²) in [6, 6.07) is 0.168. The summed E-state index contributed by atoms with van der Waals surface area (Å²) in [5, 5.41) is 3.60. The molecule has 2 saturated heterocycles. The predicted octanol–water partition coefficient (Wildman–Crippen LogP) is 1.32. The van der Waals surface area contributed by atoms with Gasteiger partial charge in [0.1, 0.15) is 0 Å². The number of hydrogen-bond donors (Lipinski definition) is 1. The van der Waals surface area contributed by atoms with E-state index in [0.717, 1.165) is 38.5 Å². The first-order valence-corrected chi connectivity index (χ1v) is 7.61. The third-order valence-corrected chi connectivity index (χ3v) is 4.41. The van der Waals surface area contributed by atoms with Gasteiger partial charge in [-0.15, -0.1) is 0 Å². The van der Waals surface area contributed by atoms with Gasteiger partial charge >= 0.3 is 0 Å². The van der Waals surface area contributed by atoms with Gasteiger partial charge in [0.05, 0.1) is 6.04 Å². The molecule has 1 unspecified atom stereocenters. The maximum atomic E-state index is 12.0. The van der Waals surface area contributed by atoms with Gasteiger partial charge in [-0.1, -0.05) is 0 Å². The Hall–Kier alpha value is -0.610. The number of nitrogens with one attached hydrogen (secondary N) is 1. The van der Waals surface area contributed by atoms with Crippen LogP contribution in [0, 0.1) is 5.92 Å². The van der Waals surface area contributed by atoms with Gasteiger partial charge in [-0.2, -0.15) is 0 Å². The van der Waals surface area contributed by atoms with Crippen molar-refractivity contribution in [3.05, 3.63) is 0 Å². The lowest BCUT2D eigenvalue weighted by Gasteiger charge is -2.36. The van der Waals surface area contributed by atoms with E-state index in [1.807, 2.05) is 11.9 Å². The molecular formula is C15H29N3O. The van der Waals surface area contributed by atoms with Crippen molar-refractivity contribution in [1.82, 2.24) is 15.1 Å². The summed E-state index contributed by atoms with van der Waals surface area (Å²) >= 11 is 0. The van der Waals surface area contributed by atoms with Crippen LogP contribution in [0.2, 0.25) is 0 Å². The van der Waals surface area contributed by atoms with E-state index in [-0.39, 0.29) is 11.6 Å². The minimum absolute atomic E-state index is 0.168. The Kier molecular flexibility index (Phi) is 4.51. The van der Waals surface area contributed by atoms with Crippen LogP contribution in [-0.2, 0) is 4.79 Å². The van der Waals surface area contributed by atoms with Crippen molar-refractivity contribution in [2.24, 2.45) is 5.92 Å². The lowest BCUT2D eigenvalue weighted by atomic mass is 9.94. The molecule has 2 aliphatic heterocycles. The van der Waals surface area contributed by atoms with Crippen molar-refractivity contribution >= 4 is 5.91 Å². The van der Waals surface area contributed by atoms with Crippen LogP contribution >= 0.6 is 0 Å². The number of amides is 1. The molecule has 1 atom stereocenters. The highest BCUT2D eigenvalue weighted by Crippen LogP contribution is 2.23. The van der Waals surface area contributed by atoms with E-state index in [9.17, 15) is 4.79 Å². The summed E-state index contributed by atoms with van der Waals surface area (Å²) < 4.78 is 0. The van der Waals surface area contributed by atoms with Gasteiger partial charge in [-0.05, 0) is 65.6 Å². The summed E-state index contributed by atoms with van der Waals surface area (Å²) in [5.74, 6) is 1.09. The molecular weight excluding hydrogens is 238 g/mol. The Morgan fingerprint density at radius 3 is 2.26 bits per heavy atom. The topological polar surface area (TPSA) is 35.6 Å². The minimum Gasteiger partial charge on any atom is -0.344 e. The molecule has 0 aromatic heterocycles.